The van der Waals surface area contributed by atoms with Crippen molar-refractivity contribution in [2.45, 2.75) is 19.6 Å². The molecule has 0 saturated heterocycles. The molecule has 1 unspecified atom stereocenters. The Morgan fingerprint density at radius 2 is 1.60 bits per heavy atom. The predicted octanol–water partition coefficient (Wildman–Crippen LogP) is 4.87. The minimum atomic E-state index is -3.64. The second-order valence-electron chi connectivity index (χ2n) is 6.10. The van der Waals surface area contributed by atoms with Crippen LogP contribution >= 0.6 is 7.60 Å². The molecule has 164 valence electrons. The van der Waals surface area contributed by atoms with E-state index >= 15 is 0 Å². The maximum atomic E-state index is 13.7. The van der Waals surface area contributed by atoms with E-state index < -0.39 is 19.3 Å². The Labute approximate surface area is 177 Å². The van der Waals surface area contributed by atoms with Crippen molar-refractivity contribution in [2.24, 2.45) is 0 Å². The molecule has 30 heavy (non-hydrogen) atoms. The molecule has 0 aliphatic carbocycles. The third-order valence-corrected chi connectivity index (χ3v) is 6.55. The number of carbonyl (C=O) groups is 1. The minimum Gasteiger partial charge on any atom is -0.497 e. The molecule has 0 spiro atoms. The molecular formula is C21H28NO7P. The smallest absolute Gasteiger partial charge is 0.357 e. The van der Waals surface area contributed by atoms with Gasteiger partial charge in [0.25, 0.3) is 0 Å². The van der Waals surface area contributed by atoms with Crippen LogP contribution < -0.4 is 14.8 Å². The topological polar surface area (TPSA) is 92.3 Å². The molecule has 0 aromatic heterocycles. The van der Waals surface area contributed by atoms with Gasteiger partial charge in [0.2, 0.25) is 0 Å². The van der Waals surface area contributed by atoms with E-state index in [4.69, 9.17) is 23.3 Å². The van der Waals surface area contributed by atoms with Gasteiger partial charge in [0.05, 0.1) is 40.1 Å². The van der Waals surface area contributed by atoms with E-state index in [1.54, 1.807) is 63.4 Å². The molecule has 1 N–H and O–H groups in total. The van der Waals surface area contributed by atoms with Crippen LogP contribution in [0.15, 0.2) is 42.5 Å². The molecule has 0 aliphatic rings. The zero-order chi connectivity index (χ0) is 22.1. The Bertz CT molecular complexity index is 875. The lowest BCUT2D eigenvalue weighted by Crippen LogP contribution is -2.16. The Hall–Kier alpha value is -2.54. The first-order chi connectivity index (χ1) is 14.4. The number of benzene rings is 2. The van der Waals surface area contributed by atoms with Crippen LogP contribution in [-0.4, -0.2) is 40.5 Å². The largest absolute Gasteiger partial charge is 0.497 e. The maximum absolute atomic E-state index is 13.7. The zero-order valence-electron chi connectivity index (χ0n) is 17.8. The second-order valence-corrected chi connectivity index (χ2v) is 8.21. The van der Waals surface area contributed by atoms with Gasteiger partial charge in [0, 0.05) is 17.3 Å². The lowest BCUT2D eigenvalue weighted by molar-refractivity contribution is 0.0600. The number of hydrogen-bond acceptors (Lipinski definition) is 8. The second kappa shape index (κ2) is 11.0. The number of carbonyl (C=O) groups excluding carboxylic acids is 1. The van der Waals surface area contributed by atoms with Gasteiger partial charge in [-0.25, -0.2) is 4.79 Å². The third-order valence-electron chi connectivity index (χ3n) is 4.28. The van der Waals surface area contributed by atoms with E-state index in [0.29, 0.717) is 28.3 Å². The van der Waals surface area contributed by atoms with Gasteiger partial charge in [-0.1, -0.05) is 0 Å². The van der Waals surface area contributed by atoms with Crippen LogP contribution in [0.2, 0.25) is 0 Å². The van der Waals surface area contributed by atoms with Gasteiger partial charge < -0.3 is 28.6 Å². The van der Waals surface area contributed by atoms with Crippen LogP contribution in [0.3, 0.4) is 0 Å². The fraction of sp³-hybridized carbons (Fsp3) is 0.381. The first-order valence-corrected chi connectivity index (χ1v) is 11.1. The summed E-state index contributed by atoms with van der Waals surface area (Å²) < 4.78 is 40.4. The number of methoxy groups -OCH3 is 3. The lowest BCUT2D eigenvalue weighted by Gasteiger charge is -2.29. The molecule has 0 aliphatic heterocycles. The lowest BCUT2D eigenvalue weighted by atomic mass is 10.1. The summed E-state index contributed by atoms with van der Waals surface area (Å²) in [5.74, 6) is -0.233. The monoisotopic (exact) mass is 437 g/mol. The first kappa shape index (κ1) is 23.7. The van der Waals surface area contributed by atoms with Crippen LogP contribution in [0.25, 0.3) is 0 Å². The molecule has 0 amide bonds. The fourth-order valence-electron chi connectivity index (χ4n) is 2.90. The Morgan fingerprint density at radius 3 is 2.10 bits per heavy atom. The van der Waals surface area contributed by atoms with Crippen molar-refractivity contribution in [3.8, 4) is 11.5 Å². The molecular weight excluding hydrogens is 409 g/mol. The highest BCUT2D eigenvalue weighted by molar-refractivity contribution is 7.54. The van der Waals surface area contributed by atoms with Crippen molar-refractivity contribution >= 4 is 19.3 Å². The quantitative estimate of drug-likeness (QED) is 0.393. The summed E-state index contributed by atoms with van der Waals surface area (Å²) in [6.45, 7) is 3.91. The van der Waals surface area contributed by atoms with Gasteiger partial charge >= 0.3 is 13.6 Å². The molecule has 0 saturated carbocycles. The minimum absolute atomic E-state index is 0.204. The van der Waals surface area contributed by atoms with Crippen molar-refractivity contribution in [2.75, 3.05) is 39.9 Å². The van der Waals surface area contributed by atoms with Gasteiger partial charge in [-0.3, -0.25) is 4.57 Å². The molecule has 2 aromatic carbocycles. The predicted molar refractivity (Wildman–Crippen MR) is 115 cm³/mol. The summed E-state index contributed by atoms with van der Waals surface area (Å²) in [6, 6.07) is 11.8. The van der Waals surface area contributed by atoms with Crippen molar-refractivity contribution in [3.63, 3.8) is 0 Å². The molecule has 2 aromatic rings. The number of ether oxygens (including phenoxy) is 3. The SMILES string of the molecule is CCOP(=O)(OCC)C(Nc1ccc(C(=O)OC)cc1)c1ccc(OC)cc1OC. The molecule has 0 fully saturated rings. The number of hydrogen-bond donors (Lipinski definition) is 1. The molecule has 2 rings (SSSR count). The van der Waals surface area contributed by atoms with Crippen LogP contribution in [0.4, 0.5) is 5.69 Å². The summed E-state index contributed by atoms with van der Waals surface area (Å²) in [5, 5.41) is 3.22. The highest BCUT2D eigenvalue weighted by atomic mass is 31.2. The van der Waals surface area contributed by atoms with Crippen LogP contribution in [0.1, 0.15) is 35.6 Å². The average molecular weight is 437 g/mol. The van der Waals surface area contributed by atoms with Gasteiger partial charge in [-0.2, -0.15) is 0 Å². The number of rotatable bonds is 11. The molecule has 0 heterocycles. The standard InChI is InChI=1S/C21H28NO7P/c1-6-28-30(24,29-7-2)20(18-13-12-17(25-3)14-19(18)26-4)22-16-10-8-15(9-11-16)21(23)27-5/h8-14,20,22H,6-7H2,1-5H3. The number of esters is 1. The van der Waals surface area contributed by atoms with Gasteiger partial charge in [0.15, 0.2) is 5.78 Å². The Kier molecular flexibility index (Phi) is 8.72. The van der Waals surface area contributed by atoms with Crippen LogP contribution in [0.5, 0.6) is 11.5 Å². The average Bonchev–Trinajstić information content (AvgIpc) is 2.77. The summed E-state index contributed by atoms with van der Waals surface area (Å²) in [4.78, 5) is 11.7. The van der Waals surface area contributed by atoms with Crippen molar-refractivity contribution in [3.05, 3.63) is 53.6 Å². The van der Waals surface area contributed by atoms with Crippen molar-refractivity contribution < 1.29 is 32.6 Å². The highest BCUT2D eigenvalue weighted by Crippen LogP contribution is 2.62. The summed E-state index contributed by atoms with van der Waals surface area (Å²) >= 11 is 0. The maximum Gasteiger partial charge on any atom is 0.357 e. The molecule has 1 atom stereocenters. The first-order valence-electron chi connectivity index (χ1n) is 9.48. The molecule has 9 heteroatoms. The molecule has 8 nitrogen and oxygen atoms in total. The normalized spacial score (nSPS) is 12.2. The Balaban J connectivity index is 2.51. The fourth-order valence-corrected chi connectivity index (χ4v) is 4.85. The van der Waals surface area contributed by atoms with Crippen LogP contribution in [0, 0.1) is 0 Å². The van der Waals surface area contributed by atoms with Crippen molar-refractivity contribution in [1.29, 1.82) is 0 Å². The highest BCUT2D eigenvalue weighted by Gasteiger charge is 2.39. The molecule has 0 radical (unpaired) electrons. The summed E-state index contributed by atoms with van der Waals surface area (Å²) in [7, 11) is 0.754. The third kappa shape index (κ3) is 5.53. The summed E-state index contributed by atoms with van der Waals surface area (Å²) in [5.41, 5.74) is 1.60. The van der Waals surface area contributed by atoms with Gasteiger partial charge in [0.1, 0.15) is 11.5 Å². The zero-order valence-corrected chi connectivity index (χ0v) is 18.7. The van der Waals surface area contributed by atoms with E-state index in [1.165, 1.54) is 14.2 Å². The number of anilines is 1. The van der Waals surface area contributed by atoms with Crippen molar-refractivity contribution in [1.82, 2.24) is 0 Å². The van der Waals surface area contributed by atoms with Gasteiger partial charge in [-0.15, -0.1) is 0 Å². The summed E-state index contributed by atoms with van der Waals surface area (Å²) in [6.07, 6.45) is 0. The van der Waals surface area contributed by atoms with E-state index in [9.17, 15) is 9.36 Å². The van der Waals surface area contributed by atoms with E-state index in [1.807, 2.05) is 0 Å². The van der Waals surface area contributed by atoms with Crippen LogP contribution in [-0.2, 0) is 18.3 Å². The molecule has 0 bridgehead atoms. The number of nitrogens with one attached hydrogen (secondary N) is 1. The van der Waals surface area contributed by atoms with E-state index in [0.717, 1.165) is 0 Å². The van der Waals surface area contributed by atoms with Gasteiger partial charge in [-0.05, 0) is 50.2 Å². The van der Waals surface area contributed by atoms with E-state index in [2.05, 4.69) is 5.32 Å². The Morgan fingerprint density at radius 1 is 0.967 bits per heavy atom. The van der Waals surface area contributed by atoms with E-state index in [-0.39, 0.29) is 13.2 Å².